The average Bonchev–Trinajstić information content (AvgIpc) is 3.35. The van der Waals surface area contributed by atoms with E-state index in [0.29, 0.717) is 44.3 Å². The number of esters is 1. The van der Waals surface area contributed by atoms with Crippen molar-refractivity contribution in [3.8, 4) is 11.5 Å². The molecule has 3 rings (SSSR count). The molecule has 0 spiro atoms. The Bertz CT molecular complexity index is 983. The zero-order valence-electron chi connectivity index (χ0n) is 18.8. The lowest BCUT2D eigenvalue weighted by Crippen LogP contribution is -2.51. The van der Waals surface area contributed by atoms with Crippen molar-refractivity contribution in [2.24, 2.45) is 5.92 Å². The third-order valence-electron chi connectivity index (χ3n) is 5.00. The van der Waals surface area contributed by atoms with Gasteiger partial charge in [-0.15, -0.1) is 0 Å². The minimum absolute atomic E-state index is 0.149. The summed E-state index contributed by atoms with van der Waals surface area (Å²) in [6.45, 7) is 5.42. The van der Waals surface area contributed by atoms with Crippen molar-refractivity contribution in [3.63, 3.8) is 0 Å². The zero-order chi connectivity index (χ0) is 24.0. The highest BCUT2D eigenvalue weighted by molar-refractivity contribution is 6.32. The number of benzene rings is 1. The van der Waals surface area contributed by atoms with E-state index in [1.165, 1.54) is 25.5 Å². The molecule has 33 heavy (non-hydrogen) atoms. The molecule has 0 saturated carbocycles. The number of ether oxygens (including phenoxy) is 3. The number of amides is 2. The van der Waals surface area contributed by atoms with Gasteiger partial charge in [0.2, 0.25) is 0 Å². The quantitative estimate of drug-likeness (QED) is 0.537. The minimum Gasteiger partial charge on any atom is -0.493 e. The van der Waals surface area contributed by atoms with Crippen molar-refractivity contribution in [3.05, 3.63) is 46.9 Å². The predicted octanol–water partition coefficient (Wildman–Crippen LogP) is 3.12. The minimum atomic E-state index is -0.703. The molecule has 1 aromatic carbocycles. The van der Waals surface area contributed by atoms with Gasteiger partial charge in [0.1, 0.15) is 0 Å². The smallest absolute Gasteiger partial charge is 0.338 e. The lowest BCUT2D eigenvalue weighted by Gasteiger charge is -2.34. The fraction of sp³-hybridized carbons (Fsp3) is 0.435. The van der Waals surface area contributed by atoms with Gasteiger partial charge in [-0.2, -0.15) is 0 Å². The van der Waals surface area contributed by atoms with Crippen molar-refractivity contribution in [2.75, 3.05) is 46.5 Å². The summed E-state index contributed by atoms with van der Waals surface area (Å²) in [6.07, 6.45) is 1.44. The molecule has 0 unspecified atom stereocenters. The molecule has 10 heteroatoms. The standard InChI is InChI=1S/C23H27ClN2O7/c1-15(2)13-32-21-17(24)11-16(12-19(21)30-3)23(29)33-14-20(27)25-6-8-26(9-7-25)22(28)18-5-4-10-31-18/h4-5,10-12,15H,6-9,13-14H2,1-3H3. The van der Waals surface area contributed by atoms with Gasteiger partial charge in [0.05, 0.1) is 30.6 Å². The molecule has 2 aromatic rings. The Morgan fingerprint density at radius 1 is 1.12 bits per heavy atom. The monoisotopic (exact) mass is 478 g/mol. The van der Waals surface area contributed by atoms with E-state index < -0.39 is 12.6 Å². The van der Waals surface area contributed by atoms with Gasteiger partial charge in [-0.3, -0.25) is 9.59 Å². The molecule has 0 bridgehead atoms. The number of carbonyl (C=O) groups excluding carboxylic acids is 3. The second-order valence-corrected chi connectivity index (χ2v) is 8.33. The van der Waals surface area contributed by atoms with Gasteiger partial charge in [0, 0.05) is 26.2 Å². The summed E-state index contributed by atoms with van der Waals surface area (Å²) < 4.78 is 21.3. The second kappa shape index (κ2) is 11.1. The maximum Gasteiger partial charge on any atom is 0.338 e. The highest BCUT2D eigenvalue weighted by atomic mass is 35.5. The Balaban J connectivity index is 1.52. The molecular formula is C23H27ClN2O7. The van der Waals surface area contributed by atoms with E-state index >= 15 is 0 Å². The van der Waals surface area contributed by atoms with Gasteiger partial charge >= 0.3 is 5.97 Å². The lowest BCUT2D eigenvalue weighted by atomic mass is 10.2. The summed E-state index contributed by atoms with van der Waals surface area (Å²) >= 11 is 6.27. The highest BCUT2D eigenvalue weighted by Crippen LogP contribution is 2.37. The van der Waals surface area contributed by atoms with Crippen LogP contribution in [-0.4, -0.2) is 74.1 Å². The molecular weight excluding hydrogens is 452 g/mol. The van der Waals surface area contributed by atoms with Gasteiger partial charge < -0.3 is 28.4 Å². The molecule has 1 fully saturated rings. The summed E-state index contributed by atoms with van der Waals surface area (Å²) in [7, 11) is 1.45. The Kier molecular flexibility index (Phi) is 8.21. The fourth-order valence-corrected chi connectivity index (χ4v) is 3.51. The highest BCUT2D eigenvalue weighted by Gasteiger charge is 2.27. The van der Waals surface area contributed by atoms with E-state index in [0.717, 1.165) is 0 Å². The Labute approximate surface area is 197 Å². The molecule has 0 atom stereocenters. The second-order valence-electron chi connectivity index (χ2n) is 7.92. The molecule has 9 nitrogen and oxygen atoms in total. The number of carbonyl (C=O) groups is 3. The molecule has 2 amide bonds. The molecule has 2 heterocycles. The van der Waals surface area contributed by atoms with Gasteiger partial charge in [0.15, 0.2) is 23.9 Å². The van der Waals surface area contributed by atoms with Gasteiger partial charge in [-0.1, -0.05) is 25.4 Å². The average molecular weight is 479 g/mol. The third-order valence-corrected chi connectivity index (χ3v) is 5.29. The third kappa shape index (κ3) is 6.19. The van der Waals surface area contributed by atoms with Crippen LogP contribution >= 0.6 is 11.6 Å². The first-order chi connectivity index (χ1) is 15.8. The topological polar surface area (TPSA) is 98.5 Å². The number of methoxy groups -OCH3 is 1. The van der Waals surface area contributed by atoms with Crippen LogP contribution in [-0.2, 0) is 9.53 Å². The Hall–Kier alpha value is -3.20. The molecule has 1 aromatic heterocycles. The van der Waals surface area contributed by atoms with E-state index in [1.807, 2.05) is 13.8 Å². The molecule has 0 radical (unpaired) electrons. The van der Waals surface area contributed by atoms with Gasteiger partial charge in [0.25, 0.3) is 11.8 Å². The normalized spacial score (nSPS) is 13.7. The van der Waals surface area contributed by atoms with Crippen LogP contribution in [0.1, 0.15) is 34.8 Å². The van der Waals surface area contributed by atoms with Crippen molar-refractivity contribution >= 4 is 29.4 Å². The van der Waals surface area contributed by atoms with Crippen LogP contribution in [0.4, 0.5) is 0 Å². The summed E-state index contributed by atoms with van der Waals surface area (Å²) in [5.41, 5.74) is 0.149. The van der Waals surface area contributed by atoms with Gasteiger partial charge in [-0.05, 0) is 30.2 Å². The molecule has 0 aliphatic carbocycles. The van der Waals surface area contributed by atoms with E-state index in [1.54, 1.807) is 21.9 Å². The van der Waals surface area contributed by atoms with Crippen LogP contribution in [0.2, 0.25) is 5.02 Å². The van der Waals surface area contributed by atoms with E-state index in [-0.39, 0.29) is 34.1 Å². The number of halogens is 1. The molecule has 178 valence electrons. The molecule has 1 saturated heterocycles. The van der Waals surface area contributed by atoms with Crippen molar-refractivity contribution in [1.29, 1.82) is 0 Å². The Morgan fingerprint density at radius 3 is 2.42 bits per heavy atom. The number of hydrogen-bond acceptors (Lipinski definition) is 7. The summed E-state index contributed by atoms with van der Waals surface area (Å²) in [4.78, 5) is 40.5. The number of piperazine rings is 1. The van der Waals surface area contributed by atoms with Crippen LogP contribution < -0.4 is 9.47 Å². The number of rotatable bonds is 8. The number of furan rings is 1. The van der Waals surface area contributed by atoms with E-state index in [9.17, 15) is 14.4 Å². The van der Waals surface area contributed by atoms with Crippen LogP contribution in [0.3, 0.4) is 0 Å². The lowest BCUT2D eigenvalue weighted by molar-refractivity contribution is -0.136. The van der Waals surface area contributed by atoms with Crippen molar-refractivity contribution < 1.29 is 33.0 Å². The number of hydrogen-bond donors (Lipinski definition) is 0. The SMILES string of the molecule is COc1cc(C(=O)OCC(=O)N2CCN(C(=O)c3ccco3)CC2)cc(Cl)c1OCC(C)C. The number of nitrogens with zero attached hydrogens (tertiary/aromatic N) is 2. The maximum atomic E-state index is 12.5. The van der Waals surface area contributed by atoms with Crippen LogP contribution in [0.15, 0.2) is 34.9 Å². The van der Waals surface area contributed by atoms with Crippen LogP contribution in [0.25, 0.3) is 0 Å². The fourth-order valence-electron chi connectivity index (χ4n) is 3.24. The summed E-state index contributed by atoms with van der Waals surface area (Å²) in [5.74, 6) is -0.0645. The Morgan fingerprint density at radius 2 is 1.82 bits per heavy atom. The maximum absolute atomic E-state index is 12.5. The molecule has 1 aliphatic heterocycles. The van der Waals surface area contributed by atoms with Crippen LogP contribution in [0, 0.1) is 5.92 Å². The first-order valence-electron chi connectivity index (χ1n) is 10.6. The molecule has 0 N–H and O–H groups in total. The summed E-state index contributed by atoms with van der Waals surface area (Å²) in [5, 5.41) is 0.214. The van der Waals surface area contributed by atoms with Crippen molar-refractivity contribution in [1.82, 2.24) is 9.80 Å². The predicted molar refractivity (Wildman–Crippen MR) is 120 cm³/mol. The van der Waals surface area contributed by atoms with E-state index in [4.69, 9.17) is 30.2 Å². The van der Waals surface area contributed by atoms with Crippen molar-refractivity contribution in [2.45, 2.75) is 13.8 Å². The zero-order valence-corrected chi connectivity index (χ0v) is 19.6. The summed E-state index contributed by atoms with van der Waals surface area (Å²) in [6, 6.07) is 6.14. The first kappa shape index (κ1) is 24.4. The molecule has 1 aliphatic rings. The first-order valence-corrected chi connectivity index (χ1v) is 11.0. The largest absolute Gasteiger partial charge is 0.493 e. The van der Waals surface area contributed by atoms with Gasteiger partial charge in [-0.25, -0.2) is 4.79 Å². The van der Waals surface area contributed by atoms with E-state index in [2.05, 4.69) is 0 Å². The van der Waals surface area contributed by atoms with Crippen LogP contribution in [0.5, 0.6) is 11.5 Å².